The molecule has 3 aromatic rings. The molecule has 1 amide bonds. The molecule has 28 heavy (non-hydrogen) atoms. The maximum Gasteiger partial charge on any atom is 0.276 e. The number of aliphatic hydroxyl groups is 1. The molecule has 1 N–H and O–H groups in total. The highest BCUT2D eigenvalue weighted by Gasteiger charge is 2.36. The van der Waals surface area contributed by atoms with Gasteiger partial charge in [-0.05, 0) is 43.5 Å². The quantitative estimate of drug-likeness (QED) is 0.749. The monoisotopic (exact) mass is 379 g/mol. The van der Waals surface area contributed by atoms with E-state index >= 15 is 0 Å². The summed E-state index contributed by atoms with van der Waals surface area (Å²) in [6.45, 7) is 6.91. The van der Waals surface area contributed by atoms with Gasteiger partial charge in [-0.3, -0.25) is 9.78 Å². The number of hydrogen-bond acceptors (Lipinski definition) is 5. The fourth-order valence-corrected chi connectivity index (χ4v) is 3.71. The van der Waals surface area contributed by atoms with E-state index in [1.54, 1.807) is 11.0 Å². The first-order valence-electron chi connectivity index (χ1n) is 9.72. The Labute approximate surface area is 164 Å². The average Bonchev–Trinajstić information content (AvgIpc) is 3.18. The number of piperidine rings is 1. The van der Waals surface area contributed by atoms with Crippen molar-refractivity contribution in [2.24, 2.45) is 0 Å². The Hall–Kier alpha value is -2.73. The van der Waals surface area contributed by atoms with Gasteiger partial charge in [-0.2, -0.15) is 0 Å². The van der Waals surface area contributed by atoms with Gasteiger partial charge >= 0.3 is 0 Å². The molecule has 2 aromatic heterocycles. The Bertz CT molecular complexity index is 1020. The first-order chi connectivity index (χ1) is 13.4. The number of amides is 1. The van der Waals surface area contributed by atoms with Crippen LogP contribution in [0.1, 0.15) is 60.1 Å². The second kappa shape index (κ2) is 7.02. The average molecular weight is 379 g/mol. The number of carbonyl (C=O) groups excluding carboxylic acids is 1. The third-order valence-corrected chi connectivity index (χ3v) is 5.56. The van der Waals surface area contributed by atoms with Gasteiger partial charge in [0, 0.05) is 36.2 Å². The van der Waals surface area contributed by atoms with Crippen LogP contribution in [0.25, 0.3) is 10.9 Å². The first-order valence-corrected chi connectivity index (χ1v) is 9.72. The Kier molecular flexibility index (Phi) is 4.67. The van der Waals surface area contributed by atoms with Gasteiger partial charge in [0.2, 0.25) is 0 Å². The summed E-state index contributed by atoms with van der Waals surface area (Å²) in [5.41, 5.74) is 2.16. The van der Waals surface area contributed by atoms with Crippen LogP contribution in [0, 0.1) is 6.92 Å². The van der Waals surface area contributed by atoms with Crippen molar-refractivity contribution in [3.8, 4) is 0 Å². The van der Waals surface area contributed by atoms with E-state index in [9.17, 15) is 9.90 Å². The number of fused-ring (bicyclic) bond motifs is 1. The van der Waals surface area contributed by atoms with Crippen LogP contribution in [0.3, 0.4) is 0 Å². The van der Waals surface area contributed by atoms with Crippen LogP contribution in [0.15, 0.2) is 40.9 Å². The summed E-state index contributed by atoms with van der Waals surface area (Å²) in [6, 6.07) is 11.6. The van der Waals surface area contributed by atoms with Gasteiger partial charge in [0.05, 0.1) is 11.1 Å². The van der Waals surface area contributed by atoms with Crippen molar-refractivity contribution in [2.45, 2.75) is 45.1 Å². The number of pyridine rings is 1. The summed E-state index contributed by atoms with van der Waals surface area (Å²) in [5, 5.41) is 16.1. The molecule has 1 aliphatic rings. The molecule has 0 aliphatic carbocycles. The number of benzene rings is 1. The van der Waals surface area contributed by atoms with Gasteiger partial charge in [-0.15, -0.1) is 0 Å². The van der Waals surface area contributed by atoms with Crippen LogP contribution in [-0.4, -0.2) is 39.1 Å². The molecule has 1 aromatic carbocycles. The van der Waals surface area contributed by atoms with Crippen LogP contribution in [0.2, 0.25) is 0 Å². The minimum absolute atomic E-state index is 0.143. The van der Waals surface area contributed by atoms with E-state index in [4.69, 9.17) is 4.52 Å². The van der Waals surface area contributed by atoms with E-state index in [-0.39, 0.29) is 11.8 Å². The lowest BCUT2D eigenvalue weighted by atomic mass is 9.84. The molecule has 0 spiro atoms. The standard InChI is InChI=1S/C22H25N3O3/c1-14(2)20-13-19(24-28-20)21(26)25-10-8-22(27,9-11-25)17-6-7-18-16(12-17)5-4-15(3)23-18/h4-7,12-14,27H,8-11H2,1-3H3. The van der Waals surface area contributed by atoms with Crippen molar-refractivity contribution in [1.29, 1.82) is 0 Å². The zero-order valence-corrected chi connectivity index (χ0v) is 16.5. The van der Waals surface area contributed by atoms with Crippen LogP contribution < -0.4 is 0 Å². The molecule has 0 unspecified atom stereocenters. The van der Waals surface area contributed by atoms with Crippen LogP contribution in [0.4, 0.5) is 0 Å². The maximum absolute atomic E-state index is 12.7. The van der Waals surface area contributed by atoms with Crippen molar-refractivity contribution < 1.29 is 14.4 Å². The number of nitrogens with zero attached hydrogens (tertiary/aromatic N) is 3. The highest BCUT2D eigenvalue weighted by molar-refractivity contribution is 5.92. The summed E-state index contributed by atoms with van der Waals surface area (Å²) >= 11 is 0. The summed E-state index contributed by atoms with van der Waals surface area (Å²) < 4.78 is 5.24. The van der Waals surface area contributed by atoms with E-state index < -0.39 is 5.60 Å². The molecule has 0 atom stereocenters. The van der Waals surface area contributed by atoms with Gasteiger partial charge < -0.3 is 14.5 Å². The lowest BCUT2D eigenvalue weighted by molar-refractivity contribution is -0.0212. The van der Waals surface area contributed by atoms with E-state index in [1.165, 1.54) is 0 Å². The predicted molar refractivity (Wildman–Crippen MR) is 106 cm³/mol. The number of hydrogen-bond donors (Lipinski definition) is 1. The number of likely N-dealkylation sites (tertiary alicyclic amines) is 1. The van der Waals surface area contributed by atoms with E-state index in [2.05, 4.69) is 10.1 Å². The Balaban J connectivity index is 1.49. The molecule has 0 saturated carbocycles. The van der Waals surface area contributed by atoms with Crippen LogP contribution in [-0.2, 0) is 5.60 Å². The topological polar surface area (TPSA) is 79.5 Å². The smallest absolute Gasteiger partial charge is 0.276 e. The summed E-state index contributed by atoms with van der Waals surface area (Å²) in [4.78, 5) is 19.0. The molecule has 146 valence electrons. The van der Waals surface area contributed by atoms with Crippen LogP contribution in [0.5, 0.6) is 0 Å². The SMILES string of the molecule is Cc1ccc2cc(C3(O)CCN(C(=O)c4cc(C(C)C)on4)CC3)ccc2n1. The maximum atomic E-state index is 12.7. The third kappa shape index (κ3) is 3.40. The van der Waals surface area contributed by atoms with Crippen molar-refractivity contribution in [3.63, 3.8) is 0 Å². The first kappa shape index (κ1) is 18.6. The van der Waals surface area contributed by atoms with Crippen molar-refractivity contribution in [2.75, 3.05) is 13.1 Å². The zero-order valence-electron chi connectivity index (χ0n) is 16.5. The van der Waals surface area contributed by atoms with Gasteiger partial charge in [0.1, 0.15) is 5.76 Å². The second-order valence-electron chi connectivity index (χ2n) is 7.95. The molecule has 0 radical (unpaired) electrons. The second-order valence-corrected chi connectivity index (χ2v) is 7.95. The molecule has 1 fully saturated rings. The van der Waals surface area contributed by atoms with Crippen molar-refractivity contribution in [3.05, 3.63) is 59.1 Å². The van der Waals surface area contributed by atoms with Gasteiger partial charge in [-0.25, -0.2) is 0 Å². The summed E-state index contributed by atoms with van der Waals surface area (Å²) in [7, 11) is 0. The van der Waals surface area contributed by atoms with Gasteiger partial charge in [0.15, 0.2) is 5.69 Å². The number of aromatic nitrogens is 2. The minimum Gasteiger partial charge on any atom is -0.385 e. The third-order valence-electron chi connectivity index (χ3n) is 5.56. The highest BCUT2D eigenvalue weighted by atomic mass is 16.5. The Morgan fingerprint density at radius 3 is 2.61 bits per heavy atom. The molecule has 4 rings (SSSR count). The molecular formula is C22H25N3O3. The lowest BCUT2D eigenvalue weighted by Crippen LogP contribution is -2.45. The fourth-order valence-electron chi connectivity index (χ4n) is 3.71. The lowest BCUT2D eigenvalue weighted by Gasteiger charge is -2.38. The zero-order chi connectivity index (χ0) is 19.9. The molecule has 1 saturated heterocycles. The normalized spacial score (nSPS) is 16.7. The van der Waals surface area contributed by atoms with E-state index in [0.717, 1.165) is 22.2 Å². The number of carbonyl (C=O) groups is 1. The summed E-state index contributed by atoms with van der Waals surface area (Å²) in [5.74, 6) is 0.749. The summed E-state index contributed by atoms with van der Waals surface area (Å²) in [6.07, 6.45) is 0.969. The number of aryl methyl sites for hydroxylation is 1. The molecule has 6 nitrogen and oxygen atoms in total. The van der Waals surface area contributed by atoms with Gasteiger partial charge in [0.25, 0.3) is 5.91 Å². The fraction of sp³-hybridized carbons (Fsp3) is 0.409. The van der Waals surface area contributed by atoms with Crippen molar-refractivity contribution >= 4 is 16.8 Å². The molecular weight excluding hydrogens is 354 g/mol. The van der Waals surface area contributed by atoms with E-state index in [0.29, 0.717) is 37.4 Å². The molecule has 1 aliphatic heterocycles. The molecule has 3 heterocycles. The van der Waals surface area contributed by atoms with Crippen molar-refractivity contribution in [1.82, 2.24) is 15.0 Å². The number of rotatable bonds is 3. The van der Waals surface area contributed by atoms with Gasteiger partial charge in [-0.1, -0.05) is 31.1 Å². The Morgan fingerprint density at radius 1 is 1.18 bits per heavy atom. The Morgan fingerprint density at radius 2 is 1.93 bits per heavy atom. The van der Waals surface area contributed by atoms with E-state index in [1.807, 2.05) is 51.1 Å². The molecule has 6 heteroatoms. The molecule has 0 bridgehead atoms. The predicted octanol–water partition coefficient (Wildman–Crippen LogP) is 3.78. The largest absolute Gasteiger partial charge is 0.385 e. The minimum atomic E-state index is -0.942. The highest BCUT2D eigenvalue weighted by Crippen LogP contribution is 2.34. The van der Waals surface area contributed by atoms with Crippen LogP contribution >= 0.6 is 0 Å².